The molecule has 0 saturated carbocycles. The van der Waals surface area contributed by atoms with Gasteiger partial charge >= 0.3 is 0 Å². The molecule has 1 amide bonds. The van der Waals surface area contributed by atoms with Gasteiger partial charge in [-0.1, -0.05) is 13.8 Å². The Hall–Kier alpha value is -4.07. The molecule has 35 heavy (non-hydrogen) atoms. The molecule has 1 aromatic heterocycles. The van der Waals surface area contributed by atoms with Gasteiger partial charge in [-0.15, -0.1) is 0 Å². The van der Waals surface area contributed by atoms with Crippen molar-refractivity contribution in [2.45, 2.75) is 26.7 Å². The largest absolute Gasteiger partial charge is 0.497 e. The number of carbonyl (C=O) groups is 2. The summed E-state index contributed by atoms with van der Waals surface area (Å²) in [5.41, 5.74) is 0.944. The van der Waals surface area contributed by atoms with Crippen molar-refractivity contribution in [1.29, 1.82) is 0 Å². The molecule has 2 aromatic carbocycles. The number of aromatic nitrogens is 1. The Morgan fingerprint density at radius 3 is 2.17 bits per heavy atom. The molecule has 8 heteroatoms. The zero-order chi connectivity index (χ0) is 25.3. The molecule has 0 spiro atoms. The van der Waals surface area contributed by atoms with E-state index < -0.39 is 11.5 Å². The molecule has 0 aliphatic heterocycles. The Kier molecular flexibility index (Phi) is 6.39. The van der Waals surface area contributed by atoms with Crippen LogP contribution in [0, 0.1) is 5.41 Å². The van der Waals surface area contributed by atoms with Crippen LogP contribution in [0.2, 0.25) is 0 Å². The molecule has 0 atom stereocenters. The van der Waals surface area contributed by atoms with Crippen LogP contribution >= 0.6 is 0 Å². The highest BCUT2D eigenvalue weighted by atomic mass is 16.5. The van der Waals surface area contributed by atoms with Crippen molar-refractivity contribution in [3.8, 4) is 22.9 Å². The van der Waals surface area contributed by atoms with E-state index in [1.807, 2.05) is 13.8 Å². The summed E-state index contributed by atoms with van der Waals surface area (Å²) in [6.45, 7) is 3.99. The van der Waals surface area contributed by atoms with Crippen molar-refractivity contribution in [2.24, 2.45) is 5.41 Å². The van der Waals surface area contributed by atoms with Gasteiger partial charge in [-0.05, 0) is 54.3 Å². The summed E-state index contributed by atoms with van der Waals surface area (Å²) in [6, 6.07) is 13.3. The molecule has 182 valence electrons. The number of carbonyl (C=O) groups excluding carboxylic acids is 2. The van der Waals surface area contributed by atoms with E-state index in [1.54, 1.807) is 49.6 Å². The van der Waals surface area contributed by atoms with Crippen LogP contribution < -0.4 is 25.1 Å². The van der Waals surface area contributed by atoms with Crippen LogP contribution in [-0.4, -0.2) is 37.6 Å². The van der Waals surface area contributed by atoms with Gasteiger partial charge in [-0.3, -0.25) is 19.0 Å². The van der Waals surface area contributed by atoms with Crippen molar-refractivity contribution >= 4 is 17.4 Å². The number of Topliss-reactive ketones (excluding diaryl/α,β-unsaturated/α-hetero) is 1. The molecule has 1 aliphatic carbocycles. The van der Waals surface area contributed by atoms with Gasteiger partial charge in [0.05, 0.1) is 27.0 Å². The Morgan fingerprint density at radius 2 is 1.54 bits per heavy atom. The van der Waals surface area contributed by atoms with Crippen molar-refractivity contribution in [3.05, 3.63) is 75.7 Å². The zero-order valence-electron chi connectivity index (χ0n) is 20.4. The Labute approximate surface area is 203 Å². The predicted molar refractivity (Wildman–Crippen MR) is 133 cm³/mol. The molecule has 1 N–H and O–H groups in total. The third-order valence-electron chi connectivity index (χ3n) is 6.12. The van der Waals surface area contributed by atoms with E-state index in [2.05, 4.69) is 5.32 Å². The quantitative estimate of drug-likeness (QED) is 0.571. The zero-order valence-corrected chi connectivity index (χ0v) is 20.4. The van der Waals surface area contributed by atoms with Crippen LogP contribution in [0.5, 0.6) is 17.2 Å². The standard InChI is InChI=1S/C27H28N2O6/c1-27(2)14-22-19(23(30)15-27)13-20(26(32)29(22)16-6-8-17(33-3)9-7-16)25(31)28-21-11-10-18(34-4)12-24(21)35-5/h6-13H,14-15H2,1-5H3,(H,28,31). The molecule has 0 fully saturated rings. The van der Waals surface area contributed by atoms with Crippen LogP contribution in [0.25, 0.3) is 5.69 Å². The van der Waals surface area contributed by atoms with Gasteiger partial charge in [0.25, 0.3) is 11.5 Å². The van der Waals surface area contributed by atoms with E-state index in [9.17, 15) is 14.4 Å². The number of nitrogens with one attached hydrogen (secondary N) is 1. The number of pyridine rings is 1. The Balaban J connectivity index is 1.86. The molecule has 1 heterocycles. The highest BCUT2D eigenvalue weighted by Crippen LogP contribution is 2.36. The molecule has 1 aliphatic rings. The number of anilines is 1. The fourth-order valence-corrected chi connectivity index (χ4v) is 4.37. The molecular formula is C27H28N2O6. The SMILES string of the molecule is COc1ccc(-n2c3c(cc(C(=O)Nc4ccc(OC)cc4OC)c2=O)C(=O)CC(C)(C)C3)cc1. The van der Waals surface area contributed by atoms with Crippen LogP contribution in [0.15, 0.2) is 53.3 Å². The smallest absolute Gasteiger partial charge is 0.268 e. The molecule has 3 aromatic rings. The summed E-state index contributed by atoms with van der Waals surface area (Å²) in [5, 5.41) is 2.74. The van der Waals surface area contributed by atoms with Crippen LogP contribution in [0.4, 0.5) is 5.69 Å². The van der Waals surface area contributed by atoms with E-state index in [1.165, 1.54) is 24.9 Å². The number of amides is 1. The van der Waals surface area contributed by atoms with E-state index in [4.69, 9.17) is 14.2 Å². The number of nitrogens with zero attached hydrogens (tertiary/aromatic N) is 1. The lowest BCUT2D eigenvalue weighted by molar-refractivity contribution is 0.0908. The fourth-order valence-electron chi connectivity index (χ4n) is 4.37. The number of methoxy groups -OCH3 is 3. The first kappa shape index (κ1) is 24.1. The van der Waals surface area contributed by atoms with Gasteiger partial charge in [0.1, 0.15) is 22.8 Å². The average molecular weight is 477 g/mol. The second-order valence-corrected chi connectivity index (χ2v) is 9.22. The molecular weight excluding hydrogens is 448 g/mol. The highest BCUT2D eigenvalue weighted by Gasteiger charge is 2.35. The number of ketones is 1. The predicted octanol–water partition coefficient (Wildman–Crippen LogP) is 4.27. The number of hydrogen-bond acceptors (Lipinski definition) is 6. The minimum Gasteiger partial charge on any atom is -0.497 e. The van der Waals surface area contributed by atoms with Crippen LogP contribution in [-0.2, 0) is 6.42 Å². The molecule has 0 bridgehead atoms. The molecule has 0 radical (unpaired) electrons. The lowest BCUT2D eigenvalue weighted by Crippen LogP contribution is -2.37. The maximum atomic E-state index is 13.7. The van der Waals surface area contributed by atoms with Crippen molar-refractivity contribution in [1.82, 2.24) is 4.57 Å². The molecule has 8 nitrogen and oxygen atoms in total. The second-order valence-electron chi connectivity index (χ2n) is 9.22. The summed E-state index contributed by atoms with van der Waals surface area (Å²) in [6.07, 6.45) is 0.845. The van der Waals surface area contributed by atoms with E-state index in [0.29, 0.717) is 52.7 Å². The normalized spacial score (nSPS) is 14.1. The molecule has 4 rings (SSSR count). The van der Waals surface area contributed by atoms with E-state index in [-0.39, 0.29) is 16.8 Å². The lowest BCUT2D eigenvalue weighted by Gasteiger charge is -2.32. The number of fused-ring (bicyclic) bond motifs is 1. The van der Waals surface area contributed by atoms with Crippen LogP contribution in [0.1, 0.15) is 46.7 Å². The summed E-state index contributed by atoms with van der Waals surface area (Å²) in [5.74, 6) is 0.830. The first-order valence-electron chi connectivity index (χ1n) is 11.2. The Morgan fingerprint density at radius 1 is 0.886 bits per heavy atom. The third kappa shape index (κ3) is 4.64. The maximum absolute atomic E-state index is 13.7. The maximum Gasteiger partial charge on any atom is 0.268 e. The van der Waals surface area contributed by atoms with Gasteiger partial charge in [0.15, 0.2) is 5.78 Å². The van der Waals surface area contributed by atoms with Gasteiger partial charge in [-0.25, -0.2) is 0 Å². The summed E-state index contributed by atoms with van der Waals surface area (Å²) >= 11 is 0. The number of hydrogen-bond donors (Lipinski definition) is 1. The Bertz CT molecular complexity index is 1360. The third-order valence-corrected chi connectivity index (χ3v) is 6.12. The van der Waals surface area contributed by atoms with Gasteiger partial charge in [0.2, 0.25) is 0 Å². The minimum atomic E-state index is -0.638. The monoisotopic (exact) mass is 476 g/mol. The van der Waals surface area contributed by atoms with Crippen molar-refractivity contribution < 1.29 is 23.8 Å². The van der Waals surface area contributed by atoms with Gasteiger partial charge in [-0.2, -0.15) is 0 Å². The van der Waals surface area contributed by atoms with Crippen LogP contribution in [0.3, 0.4) is 0 Å². The first-order valence-corrected chi connectivity index (χ1v) is 11.2. The lowest BCUT2D eigenvalue weighted by atomic mass is 9.75. The van der Waals surface area contributed by atoms with Gasteiger partial charge < -0.3 is 19.5 Å². The second kappa shape index (κ2) is 9.29. The summed E-state index contributed by atoms with van der Waals surface area (Å²) in [4.78, 5) is 40.1. The number of rotatable bonds is 6. The number of ether oxygens (including phenoxy) is 3. The fraction of sp³-hybridized carbons (Fsp3) is 0.296. The van der Waals surface area contributed by atoms with E-state index >= 15 is 0 Å². The summed E-state index contributed by atoms with van der Waals surface area (Å²) < 4.78 is 17.3. The average Bonchev–Trinajstić information content (AvgIpc) is 2.83. The summed E-state index contributed by atoms with van der Waals surface area (Å²) in [7, 11) is 4.56. The van der Waals surface area contributed by atoms with E-state index in [0.717, 1.165) is 0 Å². The van der Waals surface area contributed by atoms with Crippen molar-refractivity contribution in [2.75, 3.05) is 26.6 Å². The minimum absolute atomic E-state index is 0.102. The highest BCUT2D eigenvalue weighted by molar-refractivity contribution is 6.07. The molecule has 0 saturated heterocycles. The molecule has 0 unspecified atom stereocenters. The van der Waals surface area contributed by atoms with Crippen molar-refractivity contribution in [3.63, 3.8) is 0 Å². The van der Waals surface area contributed by atoms with Gasteiger partial charge in [0, 0.05) is 29.4 Å². The number of benzene rings is 2. The topological polar surface area (TPSA) is 95.9 Å². The first-order chi connectivity index (χ1) is 16.7.